The molecule has 4 rings (SSSR count). The number of sulfonamides is 1. The Morgan fingerprint density at radius 3 is 2.67 bits per heavy atom. The number of nitrogens with one attached hydrogen (secondary N) is 2. The van der Waals surface area contributed by atoms with Crippen LogP contribution in [0.4, 0.5) is 15.8 Å². The first-order valence-corrected chi connectivity index (χ1v) is 12.4. The molecule has 2 heterocycles. The van der Waals surface area contributed by atoms with Gasteiger partial charge in [0, 0.05) is 30.9 Å². The molecule has 33 heavy (non-hydrogen) atoms. The number of ether oxygens (including phenoxy) is 1. The molecule has 0 radical (unpaired) electrons. The van der Waals surface area contributed by atoms with Gasteiger partial charge < -0.3 is 15.4 Å². The van der Waals surface area contributed by atoms with Crippen LogP contribution in [0.5, 0.6) is 5.75 Å². The number of rotatable bonds is 6. The second kappa shape index (κ2) is 9.48. The first-order valence-electron chi connectivity index (χ1n) is 11.0. The monoisotopic (exact) mass is 475 g/mol. The van der Waals surface area contributed by atoms with Crippen LogP contribution in [0.25, 0.3) is 0 Å². The smallest absolute Gasteiger partial charge is 0.246 e. The highest BCUT2D eigenvalue weighted by molar-refractivity contribution is 7.89. The van der Waals surface area contributed by atoms with Crippen molar-refractivity contribution in [2.24, 2.45) is 0 Å². The van der Waals surface area contributed by atoms with Gasteiger partial charge in [0.2, 0.25) is 21.8 Å². The van der Waals surface area contributed by atoms with E-state index in [2.05, 4.69) is 10.6 Å². The molecule has 0 aromatic heterocycles. The van der Waals surface area contributed by atoms with E-state index in [1.54, 1.807) is 13.0 Å². The molecule has 1 atom stereocenters. The summed E-state index contributed by atoms with van der Waals surface area (Å²) in [7, 11) is -3.81. The molecule has 10 heteroatoms. The highest BCUT2D eigenvalue weighted by Gasteiger charge is 2.32. The van der Waals surface area contributed by atoms with E-state index < -0.39 is 33.6 Å². The van der Waals surface area contributed by atoms with Crippen molar-refractivity contribution in [3.8, 4) is 5.75 Å². The summed E-state index contributed by atoms with van der Waals surface area (Å²) in [5.74, 6) is -2.01. The summed E-state index contributed by atoms with van der Waals surface area (Å²) in [6.07, 6.45) is 2.48. The number of hydrogen-bond acceptors (Lipinski definition) is 5. The lowest BCUT2D eigenvalue weighted by Gasteiger charge is -2.27. The fourth-order valence-electron chi connectivity index (χ4n) is 4.21. The van der Waals surface area contributed by atoms with Crippen molar-refractivity contribution in [2.45, 2.75) is 43.4 Å². The van der Waals surface area contributed by atoms with Crippen LogP contribution in [0, 0.1) is 5.82 Å². The molecule has 1 saturated heterocycles. The summed E-state index contributed by atoms with van der Waals surface area (Å²) in [6, 6.07) is 8.35. The van der Waals surface area contributed by atoms with E-state index in [0.29, 0.717) is 25.3 Å². The van der Waals surface area contributed by atoms with Crippen LogP contribution in [0.2, 0.25) is 0 Å². The van der Waals surface area contributed by atoms with Crippen molar-refractivity contribution in [3.05, 3.63) is 47.8 Å². The molecule has 1 fully saturated rings. The van der Waals surface area contributed by atoms with E-state index in [0.717, 1.165) is 19.3 Å². The van der Waals surface area contributed by atoms with Gasteiger partial charge in [0.05, 0.1) is 12.5 Å². The molecule has 2 aliphatic rings. The Labute approximate surface area is 192 Å². The van der Waals surface area contributed by atoms with E-state index in [4.69, 9.17) is 4.74 Å². The van der Waals surface area contributed by atoms with Gasteiger partial charge in [0.1, 0.15) is 16.5 Å². The molecule has 8 nitrogen and oxygen atoms in total. The van der Waals surface area contributed by atoms with Gasteiger partial charge in [-0.3, -0.25) is 9.59 Å². The summed E-state index contributed by atoms with van der Waals surface area (Å²) < 4.78 is 47.2. The van der Waals surface area contributed by atoms with Crippen LogP contribution >= 0.6 is 0 Å². The number of carbonyl (C=O) groups excluding carboxylic acids is 2. The molecule has 0 aliphatic carbocycles. The number of benzene rings is 2. The molecule has 2 amide bonds. The largest absolute Gasteiger partial charge is 0.492 e. The maximum atomic E-state index is 13.6. The zero-order chi connectivity index (χ0) is 23.6. The quantitative estimate of drug-likeness (QED) is 0.666. The number of piperidine rings is 1. The second-order valence-corrected chi connectivity index (χ2v) is 9.99. The van der Waals surface area contributed by atoms with E-state index in [9.17, 15) is 22.4 Å². The van der Waals surface area contributed by atoms with Crippen LogP contribution in [-0.2, 0) is 19.6 Å². The van der Waals surface area contributed by atoms with Gasteiger partial charge in [-0.2, -0.15) is 4.31 Å². The number of amides is 2. The van der Waals surface area contributed by atoms with E-state index in [-0.39, 0.29) is 28.4 Å². The molecule has 0 bridgehead atoms. The minimum absolute atomic E-state index is 0.00657. The molecule has 2 aromatic carbocycles. The average molecular weight is 476 g/mol. The molecule has 2 aliphatic heterocycles. The minimum Gasteiger partial charge on any atom is -0.492 e. The van der Waals surface area contributed by atoms with Gasteiger partial charge in [-0.15, -0.1) is 0 Å². The Hall–Kier alpha value is -2.98. The Kier molecular flexibility index (Phi) is 6.66. The fraction of sp³-hybridized carbons (Fsp3) is 0.391. The highest BCUT2D eigenvalue weighted by atomic mass is 32.2. The second-order valence-electron chi connectivity index (χ2n) is 8.08. The zero-order valence-corrected chi connectivity index (χ0v) is 19.1. The van der Waals surface area contributed by atoms with Crippen molar-refractivity contribution < 1.29 is 27.1 Å². The third-order valence-corrected chi connectivity index (χ3v) is 7.73. The molecule has 0 saturated carbocycles. The molecule has 0 unspecified atom stereocenters. The van der Waals surface area contributed by atoms with Gasteiger partial charge >= 0.3 is 0 Å². The molecule has 0 spiro atoms. The number of halogens is 1. The summed E-state index contributed by atoms with van der Waals surface area (Å²) in [6.45, 7) is 2.93. The lowest BCUT2D eigenvalue weighted by molar-refractivity contribution is -0.123. The first kappa shape index (κ1) is 23.2. The topological polar surface area (TPSA) is 105 Å². The van der Waals surface area contributed by atoms with Crippen molar-refractivity contribution in [1.82, 2.24) is 4.31 Å². The molecular weight excluding hydrogens is 449 g/mol. The number of nitrogens with zero attached hydrogens (tertiary/aromatic N) is 1. The lowest BCUT2D eigenvalue weighted by Crippen LogP contribution is -2.36. The average Bonchev–Trinajstić information content (AvgIpc) is 2.79. The van der Waals surface area contributed by atoms with Gasteiger partial charge in [-0.05, 0) is 55.7 Å². The molecule has 2 aromatic rings. The normalized spacial score (nSPS) is 18.8. The summed E-state index contributed by atoms with van der Waals surface area (Å²) in [5.41, 5.74) is 1.03. The summed E-state index contributed by atoms with van der Waals surface area (Å²) in [5, 5.41) is 5.30. The third kappa shape index (κ3) is 4.86. The van der Waals surface area contributed by atoms with E-state index in [1.807, 2.05) is 0 Å². The predicted molar refractivity (Wildman–Crippen MR) is 121 cm³/mol. The fourth-order valence-corrected chi connectivity index (χ4v) is 5.88. The summed E-state index contributed by atoms with van der Waals surface area (Å²) >= 11 is 0. The number of fused-ring (bicyclic) bond motifs is 1. The third-order valence-electron chi connectivity index (χ3n) is 5.81. The Morgan fingerprint density at radius 2 is 1.94 bits per heavy atom. The predicted octanol–water partition coefficient (Wildman–Crippen LogP) is 3.46. The maximum Gasteiger partial charge on any atom is 0.246 e. The molecule has 176 valence electrons. The lowest BCUT2D eigenvalue weighted by atomic mass is 9.89. The first-order chi connectivity index (χ1) is 15.8. The van der Waals surface area contributed by atoms with Crippen molar-refractivity contribution in [3.63, 3.8) is 0 Å². The number of carbonyl (C=O) groups is 2. The van der Waals surface area contributed by atoms with Gasteiger partial charge in [-0.25, -0.2) is 12.8 Å². The van der Waals surface area contributed by atoms with Crippen LogP contribution < -0.4 is 15.4 Å². The Balaban J connectivity index is 1.63. The van der Waals surface area contributed by atoms with Crippen molar-refractivity contribution in [2.75, 3.05) is 30.3 Å². The van der Waals surface area contributed by atoms with Crippen LogP contribution in [0.1, 0.15) is 44.1 Å². The van der Waals surface area contributed by atoms with E-state index in [1.165, 1.54) is 34.6 Å². The van der Waals surface area contributed by atoms with Crippen LogP contribution in [0.15, 0.2) is 41.3 Å². The van der Waals surface area contributed by atoms with Gasteiger partial charge in [0.25, 0.3) is 0 Å². The molecule has 2 N–H and O–H groups in total. The van der Waals surface area contributed by atoms with Crippen molar-refractivity contribution >= 4 is 33.2 Å². The minimum atomic E-state index is -3.81. The highest BCUT2D eigenvalue weighted by Crippen LogP contribution is 2.35. The summed E-state index contributed by atoms with van der Waals surface area (Å²) in [4.78, 5) is 25.1. The Morgan fingerprint density at radius 1 is 1.18 bits per heavy atom. The van der Waals surface area contributed by atoms with Crippen molar-refractivity contribution in [1.29, 1.82) is 0 Å². The van der Waals surface area contributed by atoms with E-state index >= 15 is 0 Å². The van der Waals surface area contributed by atoms with Crippen LogP contribution in [-0.4, -0.2) is 44.2 Å². The zero-order valence-electron chi connectivity index (χ0n) is 18.3. The maximum absolute atomic E-state index is 13.6. The number of anilines is 2. The SMILES string of the molecule is CCOc1ccc(NC(=O)[C@H]2CC(=O)Nc3cc(F)ccc32)cc1S(=O)(=O)N1CCCCC1. The van der Waals surface area contributed by atoms with Crippen LogP contribution in [0.3, 0.4) is 0 Å². The van der Waals surface area contributed by atoms with Gasteiger partial charge in [0.15, 0.2) is 0 Å². The standard InChI is InChI=1S/C23H26FN3O5S/c1-2-32-20-9-7-16(13-21(20)33(30,31)27-10-4-3-5-11-27)25-23(29)18-14-22(28)26-19-12-15(24)6-8-17(18)19/h6-9,12-13,18H,2-5,10-11,14H2,1H3,(H,25,29)(H,26,28)/t18-/m0/s1. The Bertz CT molecular complexity index is 1180. The number of hydrogen-bond donors (Lipinski definition) is 2. The van der Waals surface area contributed by atoms with Gasteiger partial charge in [-0.1, -0.05) is 12.5 Å². The molecular formula is C23H26FN3O5S.